The number of hydrogen-bond acceptors (Lipinski definition) is 4. The van der Waals surface area contributed by atoms with Gasteiger partial charge in [-0.2, -0.15) is 0 Å². The number of nitrogens with one attached hydrogen (secondary N) is 2. The van der Waals surface area contributed by atoms with Crippen molar-refractivity contribution in [2.24, 2.45) is 0 Å². The molecule has 0 saturated carbocycles. The molecule has 1 rings (SSSR count). The van der Waals surface area contributed by atoms with Crippen LogP contribution < -0.4 is 15.4 Å². The van der Waals surface area contributed by atoms with Crippen molar-refractivity contribution in [3.63, 3.8) is 0 Å². The lowest BCUT2D eigenvalue weighted by Gasteiger charge is -2.09. The van der Waals surface area contributed by atoms with E-state index in [2.05, 4.69) is 10.6 Å². The van der Waals surface area contributed by atoms with Crippen LogP contribution in [0.15, 0.2) is 18.2 Å². The molecule has 0 aliphatic rings. The number of hydrogen-bond donors (Lipinski definition) is 2. The third-order valence-corrected chi connectivity index (χ3v) is 3.01. The number of carbonyl (C=O) groups is 2. The molecule has 0 atom stereocenters. The van der Waals surface area contributed by atoms with Gasteiger partial charge in [0.15, 0.2) is 6.61 Å². The third-order valence-electron chi connectivity index (χ3n) is 2.46. The fourth-order valence-electron chi connectivity index (χ4n) is 1.46. The molecule has 0 heterocycles. The molecule has 8 heteroatoms. The van der Waals surface area contributed by atoms with Gasteiger partial charge in [0.05, 0.1) is 5.02 Å². The molecule has 0 aliphatic heterocycles. The van der Waals surface area contributed by atoms with Gasteiger partial charge < -0.3 is 14.8 Å². The minimum atomic E-state index is -0.585. The van der Waals surface area contributed by atoms with Gasteiger partial charge in [0.25, 0.3) is 5.91 Å². The first-order chi connectivity index (χ1) is 10.5. The number of ether oxygens (including phenoxy) is 2. The van der Waals surface area contributed by atoms with E-state index in [1.165, 1.54) is 6.07 Å². The maximum Gasteiger partial charge on any atom is 0.321 e. The van der Waals surface area contributed by atoms with Crippen LogP contribution in [0.4, 0.5) is 4.79 Å². The first-order valence-corrected chi connectivity index (χ1v) is 7.51. The molecular formula is C14H18Cl2N2O4. The number of imide groups is 1. The molecule has 0 saturated heterocycles. The van der Waals surface area contributed by atoms with Gasteiger partial charge in [-0.3, -0.25) is 10.1 Å². The molecular weight excluding hydrogens is 331 g/mol. The Hall–Kier alpha value is -1.50. The molecule has 0 aliphatic carbocycles. The average Bonchev–Trinajstić information content (AvgIpc) is 2.48. The summed E-state index contributed by atoms with van der Waals surface area (Å²) in [5, 5.41) is 5.45. The Morgan fingerprint density at radius 2 is 2.05 bits per heavy atom. The molecule has 0 unspecified atom stereocenters. The standard InChI is InChI=1S/C14H18Cl2N2O4/c1-2-21-7-3-6-17-14(20)18-13(19)9-22-12-8-10(15)4-5-11(12)16/h4-5,8H,2-3,6-7,9H2,1H3,(H2,17,18,19,20). The molecule has 22 heavy (non-hydrogen) atoms. The second kappa shape index (κ2) is 10.3. The van der Waals surface area contributed by atoms with E-state index in [4.69, 9.17) is 32.7 Å². The number of carbonyl (C=O) groups excluding carboxylic acids is 2. The molecule has 0 bridgehead atoms. The maximum absolute atomic E-state index is 11.6. The number of benzene rings is 1. The highest BCUT2D eigenvalue weighted by Crippen LogP contribution is 2.27. The summed E-state index contributed by atoms with van der Waals surface area (Å²) in [6.45, 7) is 3.16. The minimum absolute atomic E-state index is 0.279. The van der Waals surface area contributed by atoms with Gasteiger partial charge in [-0.05, 0) is 25.5 Å². The summed E-state index contributed by atoms with van der Waals surface area (Å²) in [5.41, 5.74) is 0. The van der Waals surface area contributed by atoms with Crippen LogP contribution in [-0.2, 0) is 9.53 Å². The number of amides is 3. The Labute approximate surface area is 139 Å². The summed E-state index contributed by atoms with van der Waals surface area (Å²) < 4.78 is 10.3. The third kappa shape index (κ3) is 7.49. The molecule has 122 valence electrons. The van der Waals surface area contributed by atoms with E-state index in [9.17, 15) is 9.59 Å². The molecule has 0 fully saturated rings. The van der Waals surface area contributed by atoms with Gasteiger partial charge in [0.2, 0.25) is 0 Å². The molecule has 3 amide bonds. The molecule has 0 radical (unpaired) electrons. The van der Waals surface area contributed by atoms with Gasteiger partial charge in [-0.1, -0.05) is 23.2 Å². The highest BCUT2D eigenvalue weighted by Gasteiger charge is 2.09. The van der Waals surface area contributed by atoms with Gasteiger partial charge in [0, 0.05) is 30.8 Å². The lowest BCUT2D eigenvalue weighted by molar-refractivity contribution is -0.122. The Balaban J connectivity index is 2.25. The second-order valence-electron chi connectivity index (χ2n) is 4.22. The van der Waals surface area contributed by atoms with Crippen molar-refractivity contribution in [3.8, 4) is 5.75 Å². The van der Waals surface area contributed by atoms with Crippen LogP contribution in [0.1, 0.15) is 13.3 Å². The number of halogens is 2. The summed E-state index contributed by atoms with van der Waals surface area (Å²) in [4.78, 5) is 23.0. The van der Waals surface area contributed by atoms with Crippen LogP contribution in [-0.4, -0.2) is 38.3 Å². The Morgan fingerprint density at radius 3 is 2.77 bits per heavy atom. The SMILES string of the molecule is CCOCCCNC(=O)NC(=O)COc1cc(Cl)ccc1Cl. The summed E-state index contributed by atoms with van der Waals surface area (Å²) in [6, 6.07) is 4.07. The lowest BCUT2D eigenvalue weighted by Crippen LogP contribution is -2.42. The van der Waals surface area contributed by atoms with Crippen LogP contribution in [0.5, 0.6) is 5.75 Å². The molecule has 6 nitrogen and oxygen atoms in total. The van der Waals surface area contributed by atoms with Gasteiger partial charge in [-0.25, -0.2) is 4.79 Å². The predicted molar refractivity (Wildman–Crippen MR) is 84.6 cm³/mol. The van der Waals surface area contributed by atoms with Gasteiger partial charge >= 0.3 is 6.03 Å². The van der Waals surface area contributed by atoms with Crippen molar-refractivity contribution in [1.29, 1.82) is 0 Å². The van der Waals surface area contributed by atoms with Gasteiger partial charge in [-0.15, -0.1) is 0 Å². The van der Waals surface area contributed by atoms with Crippen LogP contribution in [0.2, 0.25) is 10.0 Å². The van der Waals surface area contributed by atoms with E-state index in [1.54, 1.807) is 12.1 Å². The first kappa shape index (κ1) is 18.5. The highest BCUT2D eigenvalue weighted by atomic mass is 35.5. The van der Waals surface area contributed by atoms with E-state index < -0.39 is 11.9 Å². The smallest absolute Gasteiger partial charge is 0.321 e. The second-order valence-corrected chi connectivity index (χ2v) is 5.06. The van der Waals surface area contributed by atoms with Crippen LogP contribution >= 0.6 is 23.2 Å². The van der Waals surface area contributed by atoms with Crippen LogP contribution in [0.25, 0.3) is 0 Å². The summed E-state index contributed by atoms with van der Waals surface area (Å²) >= 11 is 11.7. The number of urea groups is 1. The maximum atomic E-state index is 11.6. The summed E-state index contributed by atoms with van der Waals surface area (Å²) in [6.07, 6.45) is 0.671. The topological polar surface area (TPSA) is 76.7 Å². The molecule has 0 spiro atoms. The Morgan fingerprint density at radius 1 is 1.27 bits per heavy atom. The largest absolute Gasteiger partial charge is 0.482 e. The average molecular weight is 349 g/mol. The van der Waals surface area contributed by atoms with E-state index in [0.717, 1.165) is 0 Å². The molecule has 0 aromatic heterocycles. The fraction of sp³-hybridized carbons (Fsp3) is 0.429. The molecule has 2 N–H and O–H groups in total. The van der Waals surface area contributed by atoms with Crippen LogP contribution in [0.3, 0.4) is 0 Å². The van der Waals surface area contributed by atoms with Gasteiger partial charge in [0.1, 0.15) is 5.75 Å². The van der Waals surface area contributed by atoms with Crippen molar-refractivity contribution in [3.05, 3.63) is 28.2 Å². The van der Waals surface area contributed by atoms with Crippen molar-refractivity contribution in [2.75, 3.05) is 26.4 Å². The minimum Gasteiger partial charge on any atom is -0.482 e. The fourth-order valence-corrected chi connectivity index (χ4v) is 1.79. The van der Waals surface area contributed by atoms with E-state index in [0.29, 0.717) is 36.2 Å². The zero-order valence-corrected chi connectivity index (χ0v) is 13.7. The Kier molecular flexibility index (Phi) is 8.65. The summed E-state index contributed by atoms with van der Waals surface area (Å²) in [7, 11) is 0. The zero-order chi connectivity index (χ0) is 16.4. The number of rotatable bonds is 8. The normalized spacial score (nSPS) is 10.1. The quantitative estimate of drug-likeness (QED) is 0.708. The summed E-state index contributed by atoms with van der Waals surface area (Å²) in [5.74, 6) is -0.306. The molecule has 1 aromatic carbocycles. The van der Waals surface area contributed by atoms with Crippen LogP contribution in [0, 0.1) is 0 Å². The van der Waals surface area contributed by atoms with Crippen molar-refractivity contribution >= 4 is 35.1 Å². The molecule has 1 aromatic rings. The zero-order valence-electron chi connectivity index (χ0n) is 12.2. The van der Waals surface area contributed by atoms with E-state index in [-0.39, 0.29) is 12.4 Å². The lowest BCUT2D eigenvalue weighted by atomic mass is 10.3. The Bertz CT molecular complexity index is 512. The van der Waals surface area contributed by atoms with Crippen molar-refractivity contribution in [1.82, 2.24) is 10.6 Å². The van der Waals surface area contributed by atoms with Crippen molar-refractivity contribution in [2.45, 2.75) is 13.3 Å². The predicted octanol–water partition coefficient (Wildman–Crippen LogP) is 2.62. The van der Waals surface area contributed by atoms with Crippen molar-refractivity contribution < 1.29 is 19.1 Å². The first-order valence-electron chi connectivity index (χ1n) is 6.76. The highest BCUT2D eigenvalue weighted by molar-refractivity contribution is 6.34. The monoisotopic (exact) mass is 348 g/mol. The van der Waals surface area contributed by atoms with E-state index >= 15 is 0 Å². The van der Waals surface area contributed by atoms with E-state index in [1.807, 2.05) is 6.92 Å².